The molecule has 0 radical (unpaired) electrons. The fourth-order valence-electron chi connectivity index (χ4n) is 4.15. The largest absolute Gasteiger partial charge is 0.340 e. The third-order valence-corrected chi connectivity index (χ3v) is 5.66. The molecule has 0 N–H and O–H groups in total. The summed E-state index contributed by atoms with van der Waals surface area (Å²) in [6.07, 6.45) is 0. The van der Waals surface area contributed by atoms with Gasteiger partial charge in [0.05, 0.1) is 11.3 Å². The maximum Gasteiger partial charge on any atom is 0.204 e. The van der Waals surface area contributed by atoms with Gasteiger partial charge in [-0.2, -0.15) is 4.80 Å². The van der Waals surface area contributed by atoms with Crippen molar-refractivity contribution < 1.29 is 4.79 Å². The maximum atomic E-state index is 13.6. The van der Waals surface area contributed by atoms with Crippen LogP contribution in [0.4, 0.5) is 0 Å². The van der Waals surface area contributed by atoms with Gasteiger partial charge in [0.2, 0.25) is 5.82 Å². The summed E-state index contributed by atoms with van der Waals surface area (Å²) in [6, 6.07) is 26.0. The van der Waals surface area contributed by atoms with Crippen LogP contribution in [0.2, 0.25) is 0 Å². The monoisotopic (exact) mass is 421 g/mol. The van der Waals surface area contributed by atoms with Gasteiger partial charge < -0.3 is 4.57 Å². The van der Waals surface area contributed by atoms with Crippen LogP contribution in [0.15, 0.2) is 78.9 Å². The minimum Gasteiger partial charge on any atom is -0.340 e. The Morgan fingerprint density at radius 2 is 1.59 bits per heavy atom. The zero-order valence-corrected chi connectivity index (χ0v) is 18.1. The summed E-state index contributed by atoms with van der Waals surface area (Å²) < 4.78 is 2.20. The molecule has 6 nitrogen and oxygen atoms in total. The third-order valence-electron chi connectivity index (χ3n) is 5.66. The highest BCUT2D eigenvalue weighted by Crippen LogP contribution is 2.34. The molecule has 0 aliphatic carbocycles. The number of tetrazole rings is 1. The van der Waals surface area contributed by atoms with E-state index in [4.69, 9.17) is 0 Å². The molecule has 0 aliphatic rings. The first-order valence-corrected chi connectivity index (χ1v) is 10.7. The van der Waals surface area contributed by atoms with Gasteiger partial charge in [-0.05, 0) is 30.7 Å². The molecule has 0 atom stereocenters. The van der Waals surface area contributed by atoms with Crippen LogP contribution in [-0.2, 0) is 13.1 Å². The van der Waals surface area contributed by atoms with Crippen LogP contribution in [0.25, 0.3) is 33.5 Å². The highest BCUT2D eigenvalue weighted by molar-refractivity contribution is 6.13. The van der Waals surface area contributed by atoms with Crippen molar-refractivity contribution in [2.75, 3.05) is 0 Å². The Balaban J connectivity index is 1.56. The molecule has 6 heteroatoms. The second-order valence-corrected chi connectivity index (χ2v) is 7.78. The lowest BCUT2D eigenvalue weighted by Crippen LogP contribution is -2.14. The number of para-hydroxylation sites is 1. The minimum absolute atomic E-state index is 0.0242. The molecule has 5 rings (SSSR count). The highest BCUT2D eigenvalue weighted by atomic mass is 16.1. The SMILES string of the molecule is CCn1c(-c2ccccc2)c(C(=O)Cn2nnc(-c3ccc(C)cc3)n2)c2ccccc21. The van der Waals surface area contributed by atoms with E-state index in [2.05, 4.69) is 33.0 Å². The Morgan fingerprint density at radius 3 is 2.34 bits per heavy atom. The number of aryl methyl sites for hydroxylation is 2. The topological polar surface area (TPSA) is 65.6 Å². The predicted octanol–water partition coefficient (Wildman–Crippen LogP) is 5.17. The van der Waals surface area contributed by atoms with E-state index in [1.807, 2.05) is 79.7 Å². The van der Waals surface area contributed by atoms with E-state index in [1.165, 1.54) is 4.80 Å². The maximum absolute atomic E-state index is 13.6. The van der Waals surface area contributed by atoms with Gasteiger partial charge in [0.15, 0.2) is 5.78 Å². The molecule has 2 heterocycles. The van der Waals surface area contributed by atoms with Crippen molar-refractivity contribution in [3.63, 3.8) is 0 Å². The second-order valence-electron chi connectivity index (χ2n) is 7.78. The molecule has 0 spiro atoms. The van der Waals surface area contributed by atoms with E-state index in [-0.39, 0.29) is 12.3 Å². The van der Waals surface area contributed by atoms with Crippen molar-refractivity contribution in [3.8, 4) is 22.6 Å². The summed E-state index contributed by atoms with van der Waals surface area (Å²) in [7, 11) is 0. The zero-order valence-electron chi connectivity index (χ0n) is 18.1. The Labute approximate surface area is 186 Å². The number of Topliss-reactive ketones (excluding diaryl/α,β-unsaturated/α-hetero) is 1. The fraction of sp³-hybridized carbons (Fsp3) is 0.154. The van der Waals surface area contributed by atoms with Crippen molar-refractivity contribution in [1.29, 1.82) is 0 Å². The first kappa shape index (κ1) is 19.9. The number of fused-ring (bicyclic) bond motifs is 1. The molecule has 0 amide bonds. The van der Waals surface area contributed by atoms with Crippen molar-refractivity contribution in [2.45, 2.75) is 26.9 Å². The van der Waals surface area contributed by atoms with E-state index in [1.54, 1.807) is 0 Å². The first-order chi connectivity index (χ1) is 15.7. The third kappa shape index (κ3) is 3.50. The second kappa shape index (κ2) is 8.23. The van der Waals surface area contributed by atoms with E-state index in [0.29, 0.717) is 11.4 Å². The molecular weight excluding hydrogens is 398 g/mol. The van der Waals surface area contributed by atoms with Crippen molar-refractivity contribution in [2.24, 2.45) is 0 Å². The lowest BCUT2D eigenvalue weighted by atomic mass is 10.0. The summed E-state index contributed by atoms with van der Waals surface area (Å²) in [5, 5.41) is 13.7. The van der Waals surface area contributed by atoms with Gasteiger partial charge in [0.25, 0.3) is 0 Å². The van der Waals surface area contributed by atoms with Gasteiger partial charge in [-0.25, -0.2) is 0 Å². The zero-order chi connectivity index (χ0) is 22.1. The molecular formula is C26H23N5O. The minimum atomic E-state index is -0.0416. The normalized spacial score (nSPS) is 11.2. The van der Waals surface area contributed by atoms with Gasteiger partial charge in [0, 0.05) is 23.0 Å². The van der Waals surface area contributed by atoms with Crippen LogP contribution < -0.4 is 0 Å². The van der Waals surface area contributed by atoms with Crippen molar-refractivity contribution >= 4 is 16.7 Å². The average Bonchev–Trinajstić information content (AvgIpc) is 3.42. The Bertz CT molecular complexity index is 1400. The number of carbonyl (C=O) groups is 1. The van der Waals surface area contributed by atoms with Gasteiger partial charge in [0.1, 0.15) is 6.54 Å². The van der Waals surface area contributed by atoms with Gasteiger partial charge >= 0.3 is 0 Å². The molecule has 0 aliphatic heterocycles. The lowest BCUT2D eigenvalue weighted by Gasteiger charge is -2.10. The molecule has 0 unspecified atom stereocenters. The van der Waals surface area contributed by atoms with E-state index < -0.39 is 0 Å². The van der Waals surface area contributed by atoms with Gasteiger partial charge in [-0.3, -0.25) is 4.79 Å². The molecule has 158 valence electrons. The summed E-state index contributed by atoms with van der Waals surface area (Å²) in [4.78, 5) is 15.0. The van der Waals surface area contributed by atoms with Gasteiger partial charge in [-0.15, -0.1) is 10.2 Å². The molecule has 0 saturated carbocycles. The number of carbonyl (C=O) groups excluding carboxylic acids is 1. The molecule has 2 aromatic heterocycles. The molecule has 0 fully saturated rings. The van der Waals surface area contributed by atoms with Crippen molar-refractivity contribution in [3.05, 3.63) is 90.0 Å². The smallest absolute Gasteiger partial charge is 0.204 e. The van der Waals surface area contributed by atoms with Crippen LogP contribution in [-0.4, -0.2) is 30.6 Å². The van der Waals surface area contributed by atoms with Crippen molar-refractivity contribution in [1.82, 2.24) is 24.8 Å². The molecule has 32 heavy (non-hydrogen) atoms. The molecule has 0 bridgehead atoms. The number of hydrogen-bond donors (Lipinski definition) is 0. The van der Waals surface area contributed by atoms with Crippen LogP contribution in [0.5, 0.6) is 0 Å². The first-order valence-electron chi connectivity index (χ1n) is 10.7. The van der Waals surface area contributed by atoms with Crippen LogP contribution in [0.3, 0.4) is 0 Å². The number of nitrogens with zero attached hydrogens (tertiary/aromatic N) is 5. The Kier molecular flexibility index (Phi) is 5.11. The number of ketones is 1. The quantitative estimate of drug-likeness (QED) is 0.355. The predicted molar refractivity (Wildman–Crippen MR) is 125 cm³/mol. The molecule has 3 aromatic carbocycles. The van der Waals surface area contributed by atoms with Crippen LogP contribution >= 0.6 is 0 Å². The summed E-state index contributed by atoms with van der Waals surface area (Å²) in [5.41, 5.74) is 5.73. The summed E-state index contributed by atoms with van der Waals surface area (Å²) >= 11 is 0. The summed E-state index contributed by atoms with van der Waals surface area (Å²) in [5.74, 6) is 0.470. The fourth-order valence-corrected chi connectivity index (χ4v) is 4.15. The number of benzene rings is 3. The van der Waals surface area contributed by atoms with Crippen LogP contribution in [0, 0.1) is 6.92 Å². The standard InChI is InChI=1S/C26H23N5O/c1-3-30-22-12-8-7-11-21(22)24(25(30)19-9-5-4-6-10-19)23(32)17-31-28-26(27-29-31)20-15-13-18(2)14-16-20/h4-16H,3,17H2,1-2H3. The van der Waals surface area contributed by atoms with Crippen LogP contribution in [0.1, 0.15) is 22.8 Å². The average molecular weight is 422 g/mol. The lowest BCUT2D eigenvalue weighted by molar-refractivity contribution is 0.0963. The molecule has 5 aromatic rings. The van der Waals surface area contributed by atoms with E-state index in [0.717, 1.165) is 39.8 Å². The van der Waals surface area contributed by atoms with Gasteiger partial charge in [-0.1, -0.05) is 78.4 Å². The Morgan fingerprint density at radius 1 is 0.875 bits per heavy atom. The summed E-state index contributed by atoms with van der Waals surface area (Å²) in [6.45, 7) is 4.91. The van der Waals surface area contributed by atoms with E-state index >= 15 is 0 Å². The number of rotatable bonds is 6. The number of aromatic nitrogens is 5. The Hall–Kier alpha value is -4.06. The van der Waals surface area contributed by atoms with E-state index in [9.17, 15) is 4.79 Å². The number of hydrogen-bond acceptors (Lipinski definition) is 4. The molecule has 0 saturated heterocycles. The highest BCUT2D eigenvalue weighted by Gasteiger charge is 2.24.